The van der Waals surface area contributed by atoms with E-state index in [1.54, 1.807) is 0 Å². The number of alkyl carbamates (subject to hydrolysis) is 1. The number of nitrogens with one attached hydrogen (secondary N) is 2. The Labute approximate surface area is 162 Å². The molecular formula is C20H24N2O6. The monoisotopic (exact) mass is 388 g/mol. The summed E-state index contributed by atoms with van der Waals surface area (Å²) in [6, 6.07) is 9.44. The molecular weight excluding hydrogens is 364 g/mol. The Hall–Kier alpha value is -3.29. The van der Waals surface area contributed by atoms with Crippen molar-refractivity contribution < 1.29 is 24.2 Å². The summed E-state index contributed by atoms with van der Waals surface area (Å²) in [6.07, 6.45) is 1.04. The molecule has 0 bridgehead atoms. The summed E-state index contributed by atoms with van der Waals surface area (Å²) in [5, 5.41) is 11.8. The topological polar surface area (TPSA) is 118 Å². The van der Waals surface area contributed by atoms with Gasteiger partial charge in [-0.3, -0.25) is 4.79 Å². The second-order valence-corrected chi connectivity index (χ2v) is 6.38. The van der Waals surface area contributed by atoms with Gasteiger partial charge in [-0.25, -0.2) is 9.59 Å². The van der Waals surface area contributed by atoms with Crippen LogP contribution in [0.4, 0.5) is 4.79 Å². The number of hydrogen-bond donors (Lipinski definition) is 3. The van der Waals surface area contributed by atoms with Gasteiger partial charge in [-0.15, -0.1) is 0 Å². The third kappa shape index (κ3) is 6.15. The first-order valence-corrected chi connectivity index (χ1v) is 8.95. The largest absolute Gasteiger partial charge is 0.503 e. The molecule has 8 heteroatoms. The van der Waals surface area contributed by atoms with Crippen molar-refractivity contribution in [2.75, 3.05) is 0 Å². The van der Waals surface area contributed by atoms with Crippen molar-refractivity contribution in [2.24, 2.45) is 5.92 Å². The Bertz CT molecular complexity index is 849. The van der Waals surface area contributed by atoms with E-state index in [2.05, 4.69) is 10.3 Å². The van der Waals surface area contributed by atoms with Gasteiger partial charge in [-0.05, 0) is 11.5 Å². The molecule has 0 fully saturated rings. The van der Waals surface area contributed by atoms with Crippen molar-refractivity contribution in [2.45, 2.75) is 39.5 Å². The molecule has 0 saturated heterocycles. The van der Waals surface area contributed by atoms with Gasteiger partial charge in [0, 0.05) is 12.3 Å². The van der Waals surface area contributed by atoms with E-state index in [0.717, 1.165) is 17.8 Å². The number of aromatic amines is 1. The zero-order chi connectivity index (χ0) is 20.5. The van der Waals surface area contributed by atoms with Crippen molar-refractivity contribution >= 4 is 12.1 Å². The lowest BCUT2D eigenvalue weighted by Gasteiger charge is -2.22. The molecule has 2 aromatic rings. The number of rotatable bonds is 8. The van der Waals surface area contributed by atoms with Crippen LogP contribution in [-0.2, 0) is 27.5 Å². The summed E-state index contributed by atoms with van der Waals surface area (Å²) in [5.74, 6) is -1.24. The number of carbonyl (C=O) groups is 2. The van der Waals surface area contributed by atoms with Crippen LogP contribution in [0, 0.1) is 5.92 Å². The van der Waals surface area contributed by atoms with Gasteiger partial charge in [0.15, 0.2) is 5.75 Å². The van der Waals surface area contributed by atoms with Crippen LogP contribution >= 0.6 is 0 Å². The molecule has 0 saturated carbocycles. The molecule has 0 aliphatic rings. The van der Waals surface area contributed by atoms with Crippen LogP contribution in [0.15, 0.2) is 47.4 Å². The predicted octanol–water partition coefficient (Wildman–Crippen LogP) is 2.46. The number of H-pyrrole nitrogens is 1. The standard InChI is InChI=1S/C20H24N2O6/c1-3-13(2)18(22-20(26)28-11-14-7-5-4-6-8-14)19(25)27-12-15-9-16(23)17(24)10-21-15/h4-10,13,18,24H,3,11-12H2,1-2H3,(H,21,23)(H,22,26)/t13-,18-/m0/s1. The molecule has 2 rings (SSSR count). The highest BCUT2D eigenvalue weighted by Gasteiger charge is 2.28. The first-order chi connectivity index (χ1) is 13.4. The van der Waals surface area contributed by atoms with Gasteiger partial charge in [-0.1, -0.05) is 50.6 Å². The molecule has 0 aliphatic heterocycles. The van der Waals surface area contributed by atoms with E-state index in [1.807, 2.05) is 44.2 Å². The van der Waals surface area contributed by atoms with Gasteiger partial charge in [0.2, 0.25) is 5.43 Å². The normalized spacial score (nSPS) is 12.6. The van der Waals surface area contributed by atoms with Gasteiger partial charge >= 0.3 is 12.1 Å². The minimum atomic E-state index is -0.892. The smallest absolute Gasteiger partial charge is 0.408 e. The van der Waals surface area contributed by atoms with Gasteiger partial charge < -0.3 is 24.9 Å². The number of aromatic hydroxyl groups is 1. The Morgan fingerprint density at radius 3 is 2.54 bits per heavy atom. The van der Waals surface area contributed by atoms with Crippen LogP contribution in [0.2, 0.25) is 0 Å². The Morgan fingerprint density at radius 1 is 1.18 bits per heavy atom. The third-order valence-corrected chi connectivity index (χ3v) is 4.28. The van der Waals surface area contributed by atoms with Crippen molar-refractivity contribution in [1.82, 2.24) is 10.3 Å². The summed E-state index contributed by atoms with van der Waals surface area (Å²) < 4.78 is 10.4. The number of aromatic nitrogens is 1. The maximum Gasteiger partial charge on any atom is 0.408 e. The van der Waals surface area contributed by atoms with Crippen molar-refractivity contribution in [1.29, 1.82) is 0 Å². The molecule has 0 spiro atoms. The quantitative estimate of drug-likeness (QED) is 0.598. The lowest BCUT2D eigenvalue weighted by atomic mass is 9.99. The number of ether oxygens (including phenoxy) is 2. The van der Waals surface area contributed by atoms with Crippen LogP contribution in [0.3, 0.4) is 0 Å². The number of amides is 1. The molecule has 1 aromatic heterocycles. The lowest BCUT2D eigenvalue weighted by Crippen LogP contribution is -2.46. The molecule has 0 aliphatic carbocycles. The van der Waals surface area contributed by atoms with E-state index in [-0.39, 0.29) is 19.1 Å². The highest BCUT2D eigenvalue weighted by Crippen LogP contribution is 2.11. The van der Waals surface area contributed by atoms with E-state index in [9.17, 15) is 19.5 Å². The maximum absolute atomic E-state index is 12.4. The average Bonchev–Trinajstić information content (AvgIpc) is 2.71. The third-order valence-electron chi connectivity index (χ3n) is 4.28. The molecule has 150 valence electrons. The number of pyridine rings is 1. The molecule has 1 amide bonds. The maximum atomic E-state index is 12.4. The van der Waals surface area contributed by atoms with Crippen LogP contribution < -0.4 is 10.7 Å². The van der Waals surface area contributed by atoms with Gasteiger partial charge in [-0.2, -0.15) is 0 Å². The van der Waals surface area contributed by atoms with Crippen LogP contribution in [0.25, 0.3) is 0 Å². The van der Waals surface area contributed by atoms with Crippen LogP contribution in [-0.4, -0.2) is 28.2 Å². The van der Waals surface area contributed by atoms with Crippen molar-refractivity contribution in [3.05, 3.63) is 64.1 Å². The fourth-order valence-electron chi connectivity index (χ4n) is 2.39. The predicted molar refractivity (Wildman–Crippen MR) is 102 cm³/mol. The summed E-state index contributed by atoms with van der Waals surface area (Å²) in [6.45, 7) is 3.59. The molecule has 3 N–H and O–H groups in total. The fraction of sp³-hybridized carbons (Fsp3) is 0.350. The van der Waals surface area contributed by atoms with Crippen LogP contribution in [0.1, 0.15) is 31.5 Å². The number of carbonyl (C=O) groups excluding carboxylic acids is 2. The molecule has 1 aromatic carbocycles. The van der Waals surface area contributed by atoms with Crippen molar-refractivity contribution in [3.63, 3.8) is 0 Å². The lowest BCUT2D eigenvalue weighted by molar-refractivity contribution is -0.149. The van der Waals surface area contributed by atoms with E-state index in [1.165, 1.54) is 0 Å². The van der Waals surface area contributed by atoms with Crippen molar-refractivity contribution in [3.8, 4) is 5.75 Å². The molecule has 2 atom stereocenters. The Balaban J connectivity index is 1.93. The highest BCUT2D eigenvalue weighted by molar-refractivity contribution is 5.81. The number of esters is 1. The number of benzene rings is 1. The van der Waals surface area contributed by atoms with Gasteiger partial charge in [0.25, 0.3) is 0 Å². The zero-order valence-electron chi connectivity index (χ0n) is 15.8. The zero-order valence-corrected chi connectivity index (χ0v) is 15.8. The van der Waals surface area contributed by atoms with Gasteiger partial charge in [0.05, 0.1) is 5.69 Å². The molecule has 28 heavy (non-hydrogen) atoms. The van der Waals surface area contributed by atoms with Crippen LogP contribution in [0.5, 0.6) is 5.75 Å². The second-order valence-electron chi connectivity index (χ2n) is 6.38. The minimum Gasteiger partial charge on any atom is -0.503 e. The highest BCUT2D eigenvalue weighted by atomic mass is 16.6. The number of hydrogen-bond acceptors (Lipinski definition) is 6. The Kier molecular flexibility index (Phi) is 7.62. The van der Waals surface area contributed by atoms with E-state index < -0.39 is 29.3 Å². The Morgan fingerprint density at radius 2 is 1.89 bits per heavy atom. The second kappa shape index (κ2) is 10.1. The average molecular weight is 388 g/mol. The SMILES string of the molecule is CC[C@H](C)[C@H](NC(=O)OCc1ccccc1)C(=O)OCc1cc(=O)c(O)c[nH]1. The molecule has 0 radical (unpaired) electrons. The van der Waals surface area contributed by atoms with E-state index >= 15 is 0 Å². The molecule has 0 unspecified atom stereocenters. The molecule has 1 heterocycles. The summed E-state index contributed by atoms with van der Waals surface area (Å²) in [7, 11) is 0. The summed E-state index contributed by atoms with van der Waals surface area (Å²) >= 11 is 0. The summed E-state index contributed by atoms with van der Waals surface area (Å²) in [5.41, 5.74) is 0.577. The fourth-order valence-corrected chi connectivity index (χ4v) is 2.39. The van der Waals surface area contributed by atoms with E-state index in [0.29, 0.717) is 12.1 Å². The summed E-state index contributed by atoms with van der Waals surface area (Å²) in [4.78, 5) is 38.6. The van der Waals surface area contributed by atoms with E-state index in [4.69, 9.17) is 9.47 Å². The van der Waals surface area contributed by atoms with Gasteiger partial charge in [0.1, 0.15) is 19.3 Å². The first-order valence-electron chi connectivity index (χ1n) is 8.95. The molecule has 8 nitrogen and oxygen atoms in total. The minimum absolute atomic E-state index is 0.0870. The first kappa shape index (κ1) is 21.0.